The molecule has 0 saturated carbocycles. The summed E-state index contributed by atoms with van der Waals surface area (Å²) in [5, 5.41) is 3.97. The number of thiophene rings is 2. The molecule has 2 aromatic rings. The summed E-state index contributed by atoms with van der Waals surface area (Å²) in [5.41, 5.74) is 0. The fourth-order valence-electron chi connectivity index (χ4n) is 1.24. The smallest absolute Gasteiger partial charge is 0.144 e. The van der Waals surface area contributed by atoms with E-state index in [1.165, 1.54) is 0 Å². The van der Waals surface area contributed by atoms with E-state index < -0.39 is 0 Å². The van der Waals surface area contributed by atoms with Gasteiger partial charge in [0.2, 0.25) is 0 Å². The second kappa shape index (κ2) is 5.08. The zero-order chi connectivity index (χ0) is 11.7. The van der Waals surface area contributed by atoms with Crippen LogP contribution in [0.1, 0.15) is 0 Å². The van der Waals surface area contributed by atoms with Gasteiger partial charge < -0.3 is 9.47 Å². The van der Waals surface area contributed by atoms with Crippen molar-refractivity contribution < 1.29 is 9.47 Å². The molecule has 0 bridgehead atoms. The number of hydrogen-bond acceptors (Lipinski definition) is 4. The predicted octanol–water partition coefficient (Wildman–Crippen LogP) is 5.02. The maximum atomic E-state index is 5.24. The standard InChI is InChI=1S/C10H8Br2O2S2/c1-13-5-3-15-9(7(5)11)10-8(12)6(14-2)4-16-10/h3-4H,1-2H3. The monoisotopic (exact) mass is 382 g/mol. The van der Waals surface area contributed by atoms with Crippen LogP contribution in [0.4, 0.5) is 0 Å². The van der Waals surface area contributed by atoms with Crippen molar-refractivity contribution in [3.05, 3.63) is 19.7 Å². The number of ether oxygens (including phenoxy) is 2. The van der Waals surface area contributed by atoms with E-state index in [4.69, 9.17) is 9.47 Å². The molecule has 0 fully saturated rings. The minimum Gasteiger partial charge on any atom is -0.495 e. The third-order valence-corrected chi connectivity index (χ3v) is 6.23. The summed E-state index contributed by atoms with van der Waals surface area (Å²) in [5.74, 6) is 1.72. The molecule has 16 heavy (non-hydrogen) atoms. The molecule has 0 radical (unpaired) electrons. The van der Waals surface area contributed by atoms with E-state index in [2.05, 4.69) is 31.9 Å². The van der Waals surface area contributed by atoms with Crippen LogP contribution in [0, 0.1) is 0 Å². The summed E-state index contributed by atoms with van der Waals surface area (Å²) in [4.78, 5) is 2.30. The van der Waals surface area contributed by atoms with Gasteiger partial charge in [-0.15, -0.1) is 22.7 Å². The Kier molecular flexibility index (Phi) is 3.94. The number of rotatable bonds is 3. The van der Waals surface area contributed by atoms with Crippen LogP contribution >= 0.6 is 54.5 Å². The highest BCUT2D eigenvalue weighted by molar-refractivity contribution is 9.11. The fraction of sp³-hybridized carbons (Fsp3) is 0.200. The van der Waals surface area contributed by atoms with E-state index in [0.29, 0.717) is 0 Å². The lowest BCUT2D eigenvalue weighted by Gasteiger charge is -1.99. The highest BCUT2D eigenvalue weighted by atomic mass is 79.9. The first kappa shape index (κ1) is 12.4. The number of hydrogen-bond donors (Lipinski definition) is 0. The van der Waals surface area contributed by atoms with Crippen molar-refractivity contribution in [2.75, 3.05) is 14.2 Å². The van der Waals surface area contributed by atoms with Crippen molar-refractivity contribution in [2.24, 2.45) is 0 Å². The highest BCUT2D eigenvalue weighted by Gasteiger charge is 2.18. The average Bonchev–Trinajstić information content (AvgIpc) is 2.82. The molecule has 0 aliphatic heterocycles. The SMILES string of the molecule is COc1csc(-c2scc(OC)c2Br)c1Br. The van der Waals surface area contributed by atoms with Crippen LogP contribution in [0.15, 0.2) is 19.7 Å². The Labute approximate surface area is 118 Å². The summed E-state index contributed by atoms with van der Waals surface area (Å²) >= 11 is 10.4. The van der Waals surface area contributed by atoms with E-state index in [1.54, 1.807) is 36.9 Å². The highest BCUT2D eigenvalue weighted by Crippen LogP contribution is 2.49. The third-order valence-electron chi connectivity index (χ3n) is 2.05. The lowest BCUT2D eigenvalue weighted by molar-refractivity contribution is 0.414. The molecule has 0 N–H and O–H groups in total. The normalized spacial score (nSPS) is 10.5. The maximum absolute atomic E-state index is 5.24. The van der Waals surface area contributed by atoms with Gasteiger partial charge in [0.15, 0.2) is 0 Å². The molecule has 0 amide bonds. The van der Waals surface area contributed by atoms with Gasteiger partial charge in [0.05, 0.1) is 32.9 Å². The molecule has 2 rings (SSSR count). The van der Waals surface area contributed by atoms with Gasteiger partial charge in [0.1, 0.15) is 11.5 Å². The van der Waals surface area contributed by atoms with Gasteiger partial charge in [0, 0.05) is 10.8 Å². The van der Waals surface area contributed by atoms with E-state index in [-0.39, 0.29) is 0 Å². The summed E-state index contributed by atoms with van der Waals surface area (Å²) in [6.07, 6.45) is 0. The Balaban J connectivity index is 2.50. The summed E-state index contributed by atoms with van der Waals surface area (Å²) < 4.78 is 12.5. The Bertz CT molecular complexity index is 459. The van der Waals surface area contributed by atoms with Crippen LogP contribution in [0.25, 0.3) is 9.75 Å². The van der Waals surface area contributed by atoms with Crippen LogP contribution in [-0.2, 0) is 0 Å². The van der Waals surface area contributed by atoms with Crippen LogP contribution < -0.4 is 9.47 Å². The average molecular weight is 384 g/mol. The fourth-order valence-corrected chi connectivity index (χ4v) is 5.31. The molecule has 0 aromatic carbocycles. The Morgan fingerprint density at radius 1 is 0.875 bits per heavy atom. The second-order valence-corrected chi connectivity index (χ2v) is 6.24. The molecule has 0 saturated heterocycles. The summed E-state index contributed by atoms with van der Waals surface area (Å²) in [6.45, 7) is 0. The van der Waals surface area contributed by atoms with Crippen molar-refractivity contribution in [1.29, 1.82) is 0 Å². The van der Waals surface area contributed by atoms with E-state index >= 15 is 0 Å². The van der Waals surface area contributed by atoms with Crippen LogP contribution in [0.2, 0.25) is 0 Å². The Hall–Kier alpha value is -0.0400. The van der Waals surface area contributed by atoms with Gasteiger partial charge in [-0.1, -0.05) is 0 Å². The number of halogens is 2. The van der Waals surface area contributed by atoms with Crippen molar-refractivity contribution in [3.63, 3.8) is 0 Å². The van der Waals surface area contributed by atoms with Crippen molar-refractivity contribution in [1.82, 2.24) is 0 Å². The molecule has 2 heterocycles. The largest absolute Gasteiger partial charge is 0.495 e. The van der Waals surface area contributed by atoms with Gasteiger partial charge in [-0.05, 0) is 31.9 Å². The van der Waals surface area contributed by atoms with E-state index in [1.807, 2.05) is 10.8 Å². The quantitative estimate of drug-likeness (QED) is 0.740. The van der Waals surface area contributed by atoms with Crippen LogP contribution in [-0.4, -0.2) is 14.2 Å². The molecular formula is C10H8Br2O2S2. The molecule has 0 spiro atoms. The molecule has 2 aromatic heterocycles. The predicted molar refractivity (Wildman–Crippen MR) is 76.1 cm³/mol. The summed E-state index contributed by atoms with van der Waals surface area (Å²) in [6, 6.07) is 0. The molecule has 6 heteroatoms. The van der Waals surface area contributed by atoms with E-state index in [0.717, 1.165) is 30.2 Å². The first-order chi connectivity index (χ1) is 7.69. The van der Waals surface area contributed by atoms with Gasteiger partial charge in [-0.2, -0.15) is 0 Å². The molecular weight excluding hydrogens is 376 g/mol. The minimum absolute atomic E-state index is 0.860. The zero-order valence-electron chi connectivity index (χ0n) is 8.54. The lowest BCUT2D eigenvalue weighted by atomic mass is 10.3. The zero-order valence-corrected chi connectivity index (χ0v) is 13.3. The van der Waals surface area contributed by atoms with Gasteiger partial charge in [-0.3, -0.25) is 0 Å². The van der Waals surface area contributed by atoms with Crippen LogP contribution in [0.5, 0.6) is 11.5 Å². The first-order valence-electron chi connectivity index (χ1n) is 4.31. The Morgan fingerprint density at radius 2 is 1.25 bits per heavy atom. The van der Waals surface area contributed by atoms with Gasteiger partial charge >= 0.3 is 0 Å². The van der Waals surface area contributed by atoms with Crippen molar-refractivity contribution in [3.8, 4) is 21.3 Å². The van der Waals surface area contributed by atoms with Crippen molar-refractivity contribution in [2.45, 2.75) is 0 Å². The third kappa shape index (κ3) is 2.03. The van der Waals surface area contributed by atoms with Gasteiger partial charge in [0.25, 0.3) is 0 Å². The molecule has 2 nitrogen and oxygen atoms in total. The minimum atomic E-state index is 0.860. The maximum Gasteiger partial charge on any atom is 0.144 e. The topological polar surface area (TPSA) is 18.5 Å². The van der Waals surface area contributed by atoms with Crippen molar-refractivity contribution >= 4 is 54.5 Å². The molecule has 0 aliphatic carbocycles. The molecule has 0 aliphatic rings. The van der Waals surface area contributed by atoms with Crippen LogP contribution in [0.3, 0.4) is 0 Å². The van der Waals surface area contributed by atoms with E-state index in [9.17, 15) is 0 Å². The molecule has 0 atom stereocenters. The Morgan fingerprint density at radius 3 is 1.50 bits per heavy atom. The lowest BCUT2D eigenvalue weighted by Crippen LogP contribution is -1.80. The molecule has 86 valence electrons. The van der Waals surface area contributed by atoms with Gasteiger partial charge in [-0.25, -0.2) is 0 Å². The summed E-state index contributed by atoms with van der Waals surface area (Å²) in [7, 11) is 3.33. The number of methoxy groups -OCH3 is 2. The molecule has 0 unspecified atom stereocenters. The first-order valence-corrected chi connectivity index (χ1v) is 7.66. The second-order valence-electron chi connectivity index (χ2n) is 2.89.